The van der Waals surface area contributed by atoms with E-state index in [1.54, 1.807) is 0 Å². The van der Waals surface area contributed by atoms with Gasteiger partial charge >= 0.3 is 5.97 Å². The number of carbonyl (C=O) groups excluding carboxylic acids is 1. The molecule has 1 rings (SSSR count). The molecule has 2 atom stereocenters. The van der Waals surface area contributed by atoms with Gasteiger partial charge in [-0.25, -0.2) is 0 Å². The Morgan fingerprint density at radius 2 is 2.06 bits per heavy atom. The molecule has 0 aromatic heterocycles. The van der Waals surface area contributed by atoms with Gasteiger partial charge in [-0.05, 0) is 30.7 Å². The molecule has 3 heteroatoms. The fraction of sp³-hybridized carbons (Fsp3) is 0.923. The van der Waals surface area contributed by atoms with Crippen LogP contribution in [0, 0.1) is 11.3 Å². The Hall–Kier alpha value is -0.570. The third-order valence-electron chi connectivity index (χ3n) is 3.16. The first-order valence-electron chi connectivity index (χ1n) is 6.17. The second-order valence-corrected chi connectivity index (χ2v) is 6.12. The van der Waals surface area contributed by atoms with Gasteiger partial charge in [0.1, 0.15) is 6.04 Å². The van der Waals surface area contributed by atoms with Crippen molar-refractivity contribution in [3.63, 3.8) is 0 Å². The summed E-state index contributed by atoms with van der Waals surface area (Å²) < 4.78 is 4.92. The minimum absolute atomic E-state index is 0.0435. The van der Waals surface area contributed by atoms with Gasteiger partial charge in [0, 0.05) is 6.54 Å². The molecule has 0 bridgehead atoms. The minimum Gasteiger partial charge on any atom is -0.468 e. The monoisotopic (exact) mass is 227 g/mol. The Labute approximate surface area is 99.1 Å². The van der Waals surface area contributed by atoms with E-state index in [4.69, 9.17) is 4.74 Å². The third kappa shape index (κ3) is 3.48. The standard InChI is InChI=1S/C13H25NO2/c1-10-7-6-8-14(9-13(2,3)4)11(10)12(15)16-5/h10-11H,6-9H2,1-5H3. The lowest BCUT2D eigenvalue weighted by atomic mass is 9.87. The molecule has 0 aliphatic carbocycles. The van der Waals surface area contributed by atoms with Gasteiger partial charge in [-0.2, -0.15) is 0 Å². The molecule has 1 aliphatic heterocycles. The van der Waals surface area contributed by atoms with E-state index in [2.05, 4.69) is 32.6 Å². The average molecular weight is 227 g/mol. The SMILES string of the molecule is COC(=O)C1C(C)CCCN1CC(C)(C)C. The van der Waals surface area contributed by atoms with E-state index in [1.165, 1.54) is 13.5 Å². The first kappa shape index (κ1) is 13.5. The normalized spacial score (nSPS) is 27.8. The molecule has 0 aromatic rings. The summed E-state index contributed by atoms with van der Waals surface area (Å²) in [5.41, 5.74) is 0.226. The van der Waals surface area contributed by atoms with E-state index < -0.39 is 0 Å². The van der Waals surface area contributed by atoms with Crippen molar-refractivity contribution in [1.82, 2.24) is 4.90 Å². The van der Waals surface area contributed by atoms with Gasteiger partial charge in [0.25, 0.3) is 0 Å². The van der Waals surface area contributed by atoms with Crippen LogP contribution in [0.25, 0.3) is 0 Å². The van der Waals surface area contributed by atoms with Crippen LogP contribution in [0.3, 0.4) is 0 Å². The van der Waals surface area contributed by atoms with E-state index in [-0.39, 0.29) is 17.4 Å². The van der Waals surface area contributed by atoms with E-state index in [0.29, 0.717) is 5.92 Å². The summed E-state index contributed by atoms with van der Waals surface area (Å²) >= 11 is 0. The van der Waals surface area contributed by atoms with Crippen LogP contribution >= 0.6 is 0 Å². The minimum atomic E-state index is -0.0727. The lowest BCUT2D eigenvalue weighted by Crippen LogP contribution is -2.52. The highest BCUT2D eigenvalue weighted by Crippen LogP contribution is 2.27. The van der Waals surface area contributed by atoms with Crippen LogP contribution in [-0.2, 0) is 9.53 Å². The molecule has 16 heavy (non-hydrogen) atoms. The summed E-state index contributed by atoms with van der Waals surface area (Å²) in [6, 6.07) is -0.0435. The maximum absolute atomic E-state index is 11.8. The number of rotatable bonds is 2. The summed E-state index contributed by atoms with van der Waals surface area (Å²) in [6.07, 6.45) is 2.31. The van der Waals surface area contributed by atoms with Crippen molar-refractivity contribution in [2.24, 2.45) is 11.3 Å². The van der Waals surface area contributed by atoms with E-state index in [9.17, 15) is 4.79 Å². The van der Waals surface area contributed by atoms with Gasteiger partial charge in [0.15, 0.2) is 0 Å². The van der Waals surface area contributed by atoms with Gasteiger partial charge in [0.05, 0.1) is 7.11 Å². The van der Waals surface area contributed by atoms with Crippen LogP contribution in [0.4, 0.5) is 0 Å². The lowest BCUT2D eigenvalue weighted by Gasteiger charge is -2.41. The predicted octanol–water partition coefficient (Wildman–Crippen LogP) is 2.31. The fourth-order valence-electron chi connectivity index (χ4n) is 2.56. The Bertz CT molecular complexity index is 245. The first-order valence-corrected chi connectivity index (χ1v) is 6.17. The summed E-state index contributed by atoms with van der Waals surface area (Å²) in [4.78, 5) is 14.1. The number of methoxy groups -OCH3 is 1. The summed E-state index contributed by atoms with van der Waals surface area (Å²) in [7, 11) is 1.49. The van der Waals surface area contributed by atoms with Crippen LogP contribution in [0.2, 0.25) is 0 Å². The maximum Gasteiger partial charge on any atom is 0.323 e. The predicted molar refractivity (Wildman–Crippen MR) is 65.2 cm³/mol. The molecule has 0 spiro atoms. The maximum atomic E-state index is 11.8. The quantitative estimate of drug-likeness (QED) is 0.678. The molecule has 0 aromatic carbocycles. The van der Waals surface area contributed by atoms with Gasteiger partial charge in [-0.15, -0.1) is 0 Å². The highest BCUT2D eigenvalue weighted by molar-refractivity contribution is 5.76. The number of likely N-dealkylation sites (tertiary alicyclic amines) is 1. The molecule has 1 heterocycles. The van der Waals surface area contributed by atoms with Crippen molar-refractivity contribution >= 4 is 5.97 Å². The topological polar surface area (TPSA) is 29.5 Å². The molecule has 1 aliphatic rings. The molecule has 0 N–H and O–H groups in total. The molecule has 1 fully saturated rings. The second kappa shape index (κ2) is 5.17. The number of hydrogen-bond donors (Lipinski definition) is 0. The molecular formula is C13H25NO2. The van der Waals surface area contributed by atoms with Crippen LogP contribution < -0.4 is 0 Å². The number of carbonyl (C=O) groups is 1. The molecule has 0 radical (unpaired) electrons. The molecule has 2 unspecified atom stereocenters. The fourth-order valence-corrected chi connectivity index (χ4v) is 2.56. The summed E-state index contributed by atoms with van der Waals surface area (Å²) in [6.45, 7) is 10.7. The van der Waals surface area contributed by atoms with Crippen LogP contribution in [0.5, 0.6) is 0 Å². The summed E-state index contributed by atoms with van der Waals surface area (Å²) in [5.74, 6) is 0.333. The molecule has 0 amide bonds. The highest BCUT2D eigenvalue weighted by atomic mass is 16.5. The zero-order valence-electron chi connectivity index (χ0n) is 11.2. The van der Waals surface area contributed by atoms with Crippen molar-refractivity contribution < 1.29 is 9.53 Å². The van der Waals surface area contributed by atoms with Crippen LogP contribution in [-0.4, -0.2) is 37.1 Å². The van der Waals surface area contributed by atoms with Gasteiger partial charge < -0.3 is 4.74 Å². The van der Waals surface area contributed by atoms with Crippen molar-refractivity contribution in [2.75, 3.05) is 20.2 Å². The summed E-state index contributed by atoms with van der Waals surface area (Å²) in [5, 5.41) is 0. The largest absolute Gasteiger partial charge is 0.468 e. The zero-order chi connectivity index (χ0) is 12.3. The molecule has 94 valence electrons. The smallest absolute Gasteiger partial charge is 0.323 e. The van der Waals surface area contributed by atoms with Crippen molar-refractivity contribution in [3.8, 4) is 0 Å². The van der Waals surface area contributed by atoms with Gasteiger partial charge in [-0.1, -0.05) is 27.7 Å². The molecule has 3 nitrogen and oxygen atoms in total. The zero-order valence-corrected chi connectivity index (χ0v) is 11.2. The van der Waals surface area contributed by atoms with Crippen molar-refractivity contribution in [3.05, 3.63) is 0 Å². The number of esters is 1. The number of ether oxygens (including phenoxy) is 1. The van der Waals surface area contributed by atoms with Gasteiger partial charge in [-0.3, -0.25) is 9.69 Å². The van der Waals surface area contributed by atoms with Crippen molar-refractivity contribution in [2.45, 2.75) is 46.6 Å². The lowest BCUT2D eigenvalue weighted by molar-refractivity contribution is -0.151. The Morgan fingerprint density at radius 1 is 1.44 bits per heavy atom. The Balaban J connectivity index is 2.74. The number of piperidine rings is 1. The third-order valence-corrected chi connectivity index (χ3v) is 3.16. The molecule has 1 saturated heterocycles. The molecular weight excluding hydrogens is 202 g/mol. The van der Waals surface area contributed by atoms with E-state index >= 15 is 0 Å². The van der Waals surface area contributed by atoms with Crippen molar-refractivity contribution in [1.29, 1.82) is 0 Å². The Morgan fingerprint density at radius 3 is 2.56 bits per heavy atom. The van der Waals surface area contributed by atoms with Gasteiger partial charge in [0.2, 0.25) is 0 Å². The average Bonchev–Trinajstić information content (AvgIpc) is 2.14. The van der Waals surface area contributed by atoms with Crippen LogP contribution in [0.15, 0.2) is 0 Å². The van der Waals surface area contributed by atoms with E-state index in [1.807, 2.05) is 0 Å². The highest BCUT2D eigenvalue weighted by Gasteiger charge is 2.36. The molecule has 0 saturated carbocycles. The number of nitrogens with zero attached hydrogens (tertiary/aromatic N) is 1. The van der Waals surface area contributed by atoms with E-state index in [0.717, 1.165) is 19.5 Å². The Kier molecular flexibility index (Phi) is 4.36. The second-order valence-electron chi connectivity index (χ2n) is 6.12. The first-order chi connectivity index (χ1) is 7.35. The number of hydrogen-bond acceptors (Lipinski definition) is 3. The van der Waals surface area contributed by atoms with Crippen LogP contribution in [0.1, 0.15) is 40.5 Å².